The molecular weight excluding hydrogens is 414 g/mol. The third kappa shape index (κ3) is 4.61. The predicted octanol–water partition coefficient (Wildman–Crippen LogP) is 4.86. The minimum absolute atomic E-state index is 0.0692. The first-order valence-corrected chi connectivity index (χ1v) is 11.0. The van der Waals surface area contributed by atoms with E-state index >= 15 is 0 Å². The molecule has 0 atom stereocenters. The van der Waals surface area contributed by atoms with Crippen LogP contribution in [0.5, 0.6) is 0 Å². The molecular formula is C22H25N5O3S. The molecule has 1 saturated heterocycles. The Kier molecular flexibility index (Phi) is 5.53. The quantitative estimate of drug-likeness (QED) is 0.465. The molecule has 2 heterocycles. The number of thiazole rings is 1. The number of nitro groups is 1. The van der Waals surface area contributed by atoms with Gasteiger partial charge in [-0.15, -0.1) is 0 Å². The Labute approximate surface area is 184 Å². The summed E-state index contributed by atoms with van der Waals surface area (Å²) in [6, 6.07) is 12.6. The molecule has 0 unspecified atom stereocenters. The van der Waals surface area contributed by atoms with Crippen LogP contribution >= 0.6 is 11.3 Å². The lowest BCUT2D eigenvalue weighted by atomic mass is 9.87. The lowest BCUT2D eigenvalue weighted by molar-refractivity contribution is -0.384. The van der Waals surface area contributed by atoms with Gasteiger partial charge in [0.25, 0.3) is 5.69 Å². The van der Waals surface area contributed by atoms with Crippen molar-refractivity contribution in [1.82, 2.24) is 9.88 Å². The molecule has 3 aromatic rings. The van der Waals surface area contributed by atoms with Crippen LogP contribution in [0.2, 0.25) is 0 Å². The number of nitrogens with one attached hydrogen (secondary N) is 1. The number of rotatable bonds is 3. The average Bonchev–Trinajstić information content (AvgIpc) is 3.17. The van der Waals surface area contributed by atoms with Crippen molar-refractivity contribution in [3.8, 4) is 0 Å². The van der Waals surface area contributed by atoms with Crippen LogP contribution in [0.1, 0.15) is 26.3 Å². The molecule has 8 nitrogen and oxygen atoms in total. The van der Waals surface area contributed by atoms with E-state index in [0.717, 1.165) is 21.0 Å². The second-order valence-corrected chi connectivity index (χ2v) is 9.65. The number of anilines is 2. The zero-order valence-corrected chi connectivity index (χ0v) is 18.6. The Balaban J connectivity index is 1.36. The van der Waals surface area contributed by atoms with Crippen LogP contribution in [0, 0.1) is 10.1 Å². The van der Waals surface area contributed by atoms with Gasteiger partial charge in [-0.2, -0.15) is 0 Å². The lowest BCUT2D eigenvalue weighted by Gasteiger charge is -2.34. The highest BCUT2D eigenvalue weighted by molar-refractivity contribution is 7.22. The number of piperazine rings is 1. The number of carbonyl (C=O) groups excluding carboxylic acids is 1. The largest absolute Gasteiger partial charge is 0.345 e. The summed E-state index contributed by atoms with van der Waals surface area (Å²) in [5.41, 5.74) is 2.91. The van der Waals surface area contributed by atoms with Gasteiger partial charge in [0.1, 0.15) is 0 Å². The summed E-state index contributed by atoms with van der Waals surface area (Å²) in [5.74, 6) is 0. The summed E-state index contributed by atoms with van der Waals surface area (Å²) in [6.07, 6.45) is 0. The van der Waals surface area contributed by atoms with Gasteiger partial charge in [-0.05, 0) is 29.2 Å². The van der Waals surface area contributed by atoms with E-state index in [-0.39, 0.29) is 17.1 Å². The van der Waals surface area contributed by atoms with Gasteiger partial charge >= 0.3 is 6.03 Å². The van der Waals surface area contributed by atoms with Crippen molar-refractivity contribution in [2.24, 2.45) is 0 Å². The fraction of sp³-hybridized carbons (Fsp3) is 0.364. The Morgan fingerprint density at radius 2 is 1.77 bits per heavy atom. The zero-order chi connectivity index (χ0) is 22.2. The second kappa shape index (κ2) is 8.14. The zero-order valence-electron chi connectivity index (χ0n) is 17.8. The topological polar surface area (TPSA) is 91.6 Å². The fourth-order valence-corrected chi connectivity index (χ4v) is 4.56. The van der Waals surface area contributed by atoms with Gasteiger partial charge in [0.2, 0.25) is 0 Å². The molecule has 0 bridgehead atoms. The Hall–Kier alpha value is -3.20. The first-order valence-electron chi connectivity index (χ1n) is 10.2. The van der Waals surface area contributed by atoms with Gasteiger partial charge in [0.05, 0.1) is 15.1 Å². The Morgan fingerprint density at radius 3 is 2.39 bits per heavy atom. The van der Waals surface area contributed by atoms with Gasteiger partial charge in [0, 0.05) is 44.0 Å². The number of amides is 2. The maximum atomic E-state index is 12.7. The van der Waals surface area contributed by atoms with E-state index in [0.29, 0.717) is 26.2 Å². The van der Waals surface area contributed by atoms with Crippen molar-refractivity contribution in [3.63, 3.8) is 0 Å². The summed E-state index contributed by atoms with van der Waals surface area (Å²) in [4.78, 5) is 31.8. The Morgan fingerprint density at radius 1 is 1.10 bits per heavy atom. The van der Waals surface area contributed by atoms with Crippen LogP contribution < -0.4 is 10.2 Å². The number of non-ortho nitro benzene ring substituents is 1. The van der Waals surface area contributed by atoms with E-state index in [9.17, 15) is 14.9 Å². The van der Waals surface area contributed by atoms with Gasteiger partial charge in [-0.3, -0.25) is 10.1 Å². The number of aromatic nitrogens is 1. The fourth-order valence-electron chi connectivity index (χ4n) is 3.51. The Bertz CT molecular complexity index is 1110. The maximum absolute atomic E-state index is 12.7. The van der Waals surface area contributed by atoms with Crippen LogP contribution in [-0.4, -0.2) is 47.0 Å². The summed E-state index contributed by atoms with van der Waals surface area (Å²) in [7, 11) is 0. The molecule has 1 aliphatic rings. The average molecular weight is 440 g/mol. The van der Waals surface area contributed by atoms with Crippen LogP contribution in [0.4, 0.5) is 21.3 Å². The van der Waals surface area contributed by atoms with E-state index in [1.807, 2.05) is 24.3 Å². The minimum atomic E-state index is -0.396. The highest BCUT2D eigenvalue weighted by atomic mass is 32.1. The van der Waals surface area contributed by atoms with Crippen LogP contribution in [-0.2, 0) is 5.41 Å². The molecule has 1 fully saturated rings. The molecule has 0 radical (unpaired) electrons. The molecule has 162 valence electrons. The van der Waals surface area contributed by atoms with Crippen molar-refractivity contribution in [3.05, 3.63) is 58.1 Å². The van der Waals surface area contributed by atoms with Gasteiger partial charge in [-0.25, -0.2) is 9.78 Å². The number of fused-ring (bicyclic) bond motifs is 1. The lowest BCUT2D eigenvalue weighted by Crippen LogP contribution is -2.50. The standard InChI is InChI=1S/C22H25N5O3S/c1-22(2,3)15-4-6-16(7-5-15)23-20(28)25-10-12-26(13-11-25)21-24-18-9-8-17(27(29)30)14-19(18)31-21/h4-9,14H,10-13H2,1-3H3,(H,23,28). The molecule has 2 amide bonds. The molecule has 0 aliphatic carbocycles. The molecule has 1 N–H and O–H groups in total. The molecule has 4 rings (SSSR count). The van der Waals surface area contributed by atoms with Crippen molar-refractivity contribution in [1.29, 1.82) is 0 Å². The van der Waals surface area contributed by atoms with Crippen LogP contribution in [0.25, 0.3) is 10.2 Å². The molecule has 1 aliphatic heterocycles. The monoisotopic (exact) mass is 439 g/mol. The van der Waals surface area contributed by atoms with Gasteiger partial charge in [0.15, 0.2) is 5.13 Å². The number of urea groups is 1. The summed E-state index contributed by atoms with van der Waals surface area (Å²) >= 11 is 1.44. The molecule has 9 heteroatoms. The number of carbonyl (C=O) groups is 1. The van der Waals surface area contributed by atoms with E-state index in [1.165, 1.54) is 23.0 Å². The third-order valence-electron chi connectivity index (χ3n) is 5.41. The summed E-state index contributed by atoms with van der Waals surface area (Å²) < 4.78 is 0.795. The van der Waals surface area contributed by atoms with E-state index in [1.54, 1.807) is 17.0 Å². The van der Waals surface area contributed by atoms with Gasteiger partial charge in [-0.1, -0.05) is 44.2 Å². The van der Waals surface area contributed by atoms with Crippen LogP contribution in [0.3, 0.4) is 0 Å². The molecule has 1 aromatic heterocycles. The number of nitrogens with zero attached hydrogens (tertiary/aromatic N) is 4. The number of hydrogen-bond acceptors (Lipinski definition) is 6. The highest BCUT2D eigenvalue weighted by Gasteiger charge is 2.24. The van der Waals surface area contributed by atoms with Crippen molar-refractivity contribution < 1.29 is 9.72 Å². The van der Waals surface area contributed by atoms with E-state index in [4.69, 9.17) is 0 Å². The molecule has 0 saturated carbocycles. The predicted molar refractivity (Wildman–Crippen MR) is 124 cm³/mol. The van der Waals surface area contributed by atoms with Crippen molar-refractivity contribution in [2.75, 3.05) is 36.4 Å². The van der Waals surface area contributed by atoms with Crippen molar-refractivity contribution >= 4 is 44.1 Å². The first kappa shape index (κ1) is 21.0. The first-order chi connectivity index (χ1) is 14.7. The smallest absolute Gasteiger partial charge is 0.321 e. The van der Waals surface area contributed by atoms with Gasteiger partial charge < -0.3 is 15.1 Å². The number of nitro benzene ring substituents is 1. The van der Waals surface area contributed by atoms with Crippen LogP contribution in [0.15, 0.2) is 42.5 Å². The number of hydrogen-bond donors (Lipinski definition) is 1. The summed E-state index contributed by atoms with van der Waals surface area (Å²) in [5, 5.41) is 14.8. The van der Waals surface area contributed by atoms with E-state index in [2.05, 4.69) is 36.0 Å². The SMILES string of the molecule is CC(C)(C)c1ccc(NC(=O)N2CCN(c3nc4ccc([N+](=O)[O-])cc4s3)CC2)cc1. The molecule has 31 heavy (non-hydrogen) atoms. The molecule has 0 spiro atoms. The third-order valence-corrected chi connectivity index (χ3v) is 6.49. The second-order valence-electron chi connectivity index (χ2n) is 8.64. The minimum Gasteiger partial charge on any atom is -0.345 e. The normalized spacial score (nSPS) is 14.7. The molecule has 2 aromatic carbocycles. The van der Waals surface area contributed by atoms with Crippen molar-refractivity contribution in [2.45, 2.75) is 26.2 Å². The summed E-state index contributed by atoms with van der Waals surface area (Å²) in [6.45, 7) is 8.98. The highest BCUT2D eigenvalue weighted by Crippen LogP contribution is 2.32. The van der Waals surface area contributed by atoms with E-state index < -0.39 is 4.92 Å². The maximum Gasteiger partial charge on any atom is 0.321 e. The number of benzene rings is 2.